The summed E-state index contributed by atoms with van der Waals surface area (Å²) in [6, 6.07) is 7.63. The Morgan fingerprint density at radius 1 is 1.12 bits per heavy atom. The number of benzene rings is 2. The number of hydrogen-bond donors (Lipinski definition) is 1. The average molecular weight is 363 g/mol. The molecule has 7 heteroatoms. The maximum absolute atomic E-state index is 13.9. The molecule has 0 unspecified atom stereocenters. The van der Waals surface area contributed by atoms with Crippen molar-refractivity contribution in [1.82, 2.24) is 0 Å². The summed E-state index contributed by atoms with van der Waals surface area (Å²) in [5, 5.41) is 3.02. The first-order chi connectivity index (χ1) is 12.1. The van der Waals surface area contributed by atoms with Crippen LogP contribution in [0.4, 0.5) is 15.8 Å². The molecule has 5 nitrogen and oxygen atoms in total. The second kappa shape index (κ2) is 6.44. The maximum Gasteiger partial charge on any atom is 0.255 e. The first-order valence-electron chi connectivity index (χ1n) is 8.06. The standard InChI is InChI=1S/C18H16ClFN2O3/c19-15-5-11(6-16-17(15)25-10-24-16)18(23)21-13-7-12(20)8-14(9-13)22-3-1-2-4-22/h5-9H,1-4,10H2,(H,21,23). The number of ether oxygens (including phenoxy) is 2. The van der Waals surface area contributed by atoms with E-state index in [0.717, 1.165) is 31.6 Å². The second-order valence-corrected chi connectivity index (χ2v) is 6.45. The van der Waals surface area contributed by atoms with Crippen molar-refractivity contribution in [3.63, 3.8) is 0 Å². The molecule has 2 aliphatic rings. The molecule has 130 valence electrons. The van der Waals surface area contributed by atoms with Gasteiger partial charge in [0, 0.05) is 30.0 Å². The van der Waals surface area contributed by atoms with Crippen LogP contribution in [0.5, 0.6) is 11.5 Å². The van der Waals surface area contributed by atoms with Gasteiger partial charge in [-0.25, -0.2) is 4.39 Å². The van der Waals surface area contributed by atoms with Crippen LogP contribution in [0.15, 0.2) is 30.3 Å². The predicted molar refractivity (Wildman–Crippen MR) is 93.4 cm³/mol. The highest BCUT2D eigenvalue weighted by molar-refractivity contribution is 6.32. The van der Waals surface area contributed by atoms with Gasteiger partial charge in [0.05, 0.1) is 5.02 Å². The molecule has 2 aromatic rings. The van der Waals surface area contributed by atoms with Crippen molar-refractivity contribution >= 4 is 28.9 Å². The molecular formula is C18H16ClFN2O3. The van der Waals surface area contributed by atoms with Crippen LogP contribution in [-0.4, -0.2) is 25.8 Å². The van der Waals surface area contributed by atoms with Crippen molar-refractivity contribution in [2.24, 2.45) is 0 Å². The molecule has 1 N–H and O–H groups in total. The molecule has 0 aromatic heterocycles. The van der Waals surface area contributed by atoms with Gasteiger partial charge in [0.1, 0.15) is 5.82 Å². The highest BCUT2D eigenvalue weighted by atomic mass is 35.5. The molecule has 0 aliphatic carbocycles. The molecule has 0 saturated carbocycles. The van der Waals surface area contributed by atoms with Gasteiger partial charge in [-0.15, -0.1) is 0 Å². The second-order valence-electron chi connectivity index (χ2n) is 6.04. The molecule has 2 heterocycles. The molecule has 0 bridgehead atoms. The van der Waals surface area contributed by atoms with E-state index in [9.17, 15) is 9.18 Å². The van der Waals surface area contributed by atoms with Crippen LogP contribution in [0.2, 0.25) is 5.02 Å². The van der Waals surface area contributed by atoms with Gasteiger partial charge in [-0.3, -0.25) is 4.79 Å². The van der Waals surface area contributed by atoms with Crippen LogP contribution >= 0.6 is 11.6 Å². The molecule has 2 aliphatic heterocycles. The Bertz CT molecular complexity index is 837. The van der Waals surface area contributed by atoms with Crippen molar-refractivity contribution < 1.29 is 18.7 Å². The fourth-order valence-electron chi connectivity index (χ4n) is 3.11. The predicted octanol–water partition coefficient (Wildman–Crippen LogP) is 4.06. The monoisotopic (exact) mass is 362 g/mol. The summed E-state index contributed by atoms with van der Waals surface area (Å²) in [6.45, 7) is 1.87. The Labute approximate surface area is 149 Å². The first-order valence-corrected chi connectivity index (χ1v) is 8.44. The van der Waals surface area contributed by atoms with Crippen LogP contribution in [0.25, 0.3) is 0 Å². The van der Waals surface area contributed by atoms with E-state index in [2.05, 4.69) is 10.2 Å². The van der Waals surface area contributed by atoms with Gasteiger partial charge < -0.3 is 19.7 Å². The maximum atomic E-state index is 13.9. The van der Waals surface area contributed by atoms with E-state index in [0.29, 0.717) is 27.8 Å². The number of anilines is 2. The van der Waals surface area contributed by atoms with E-state index in [4.69, 9.17) is 21.1 Å². The Hall–Kier alpha value is -2.47. The fourth-order valence-corrected chi connectivity index (χ4v) is 3.37. The first kappa shape index (κ1) is 16.0. The zero-order chi connectivity index (χ0) is 17.4. The molecule has 1 saturated heterocycles. The highest BCUT2D eigenvalue weighted by Gasteiger charge is 2.21. The van der Waals surface area contributed by atoms with E-state index >= 15 is 0 Å². The topological polar surface area (TPSA) is 50.8 Å². The van der Waals surface area contributed by atoms with E-state index < -0.39 is 5.91 Å². The SMILES string of the molecule is O=C(Nc1cc(F)cc(N2CCCC2)c1)c1cc(Cl)c2c(c1)OCO2. The number of rotatable bonds is 3. The third-order valence-electron chi connectivity index (χ3n) is 4.30. The third-order valence-corrected chi connectivity index (χ3v) is 4.58. The number of amides is 1. The lowest BCUT2D eigenvalue weighted by Crippen LogP contribution is -2.18. The molecule has 1 fully saturated rings. The van der Waals surface area contributed by atoms with Crippen molar-refractivity contribution in [2.75, 3.05) is 30.1 Å². The lowest BCUT2D eigenvalue weighted by molar-refractivity contribution is 0.102. The Kier molecular flexibility index (Phi) is 4.13. The van der Waals surface area contributed by atoms with E-state index in [1.807, 2.05) is 0 Å². The molecular weight excluding hydrogens is 347 g/mol. The molecule has 0 spiro atoms. The summed E-state index contributed by atoms with van der Waals surface area (Å²) in [4.78, 5) is 14.6. The summed E-state index contributed by atoms with van der Waals surface area (Å²) in [5.74, 6) is 0.0801. The largest absolute Gasteiger partial charge is 0.454 e. The minimum atomic E-state index is -0.391. The van der Waals surface area contributed by atoms with Crippen molar-refractivity contribution in [2.45, 2.75) is 12.8 Å². The van der Waals surface area contributed by atoms with Gasteiger partial charge >= 0.3 is 0 Å². The molecule has 0 atom stereocenters. The smallest absolute Gasteiger partial charge is 0.255 e. The van der Waals surface area contributed by atoms with Gasteiger partial charge in [0.15, 0.2) is 11.5 Å². The number of hydrogen-bond acceptors (Lipinski definition) is 4. The van der Waals surface area contributed by atoms with Crippen molar-refractivity contribution in [3.8, 4) is 11.5 Å². The minimum Gasteiger partial charge on any atom is -0.454 e. The third kappa shape index (κ3) is 3.22. The average Bonchev–Trinajstić information content (AvgIpc) is 3.26. The number of carbonyl (C=O) groups excluding carboxylic acids is 1. The van der Waals surface area contributed by atoms with Gasteiger partial charge in [-0.1, -0.05) is 11.6 Å². The molecule has 1 amide bonds. The minimum absolute atomic E-state index is 0.0726. The van der Waals surface area contributed by atoms with Crippen LogP contribution in [-0.2, 0) is 0 Å². The highest BCUT2D eigenvalue weighted by Crippen LogP contribution is 2.40. The number of nitrogens with one attached hydrogen (secondary N) is 1. The normalized spacial score (nSPS) is 15.5. The number of nitrogens with zero attached hydrogens (tertiary/aromatic N) is 1. The Balaban J connectivity index is 1.57. The molecule has 0 radical (unpaired) electrons. The van der Waals surface area contributed by atoms with Gasteiger partial charge in [0.2, 0.25) is 6.79 Å². The Morgan fingerprint density at radius 3 is 2.72 bits per heavy atom. The molecule has 4 rings (SSSR count). The summed E-state index contributed by atoms with van der Waals surface area (Å²) >= 11 is 6.11. The fraction of sp³-hybridized carbons (Fsp3) is 0.278. The van der Waals surface area contributed by atoms with E-state index in [-0.39, 0.29) is 12.6 Å². The van der Waals surface area contributed by atoms with Crippen LogP contribution in [0.3, 0.4) is 0 Å². The number of halogens is 2. The van der Waals surface area contributed by atoms with Crippen LogP contribution < -0.4 is 19.7 Å². The molecule has 25 heavy (non-hydrogen) atoms. The van der Waals surface area contributed by atoms with Crippen LogP contribution in [0, 0.1) is 5.82 Å². The zero-order valence-electron chi connectivity index (χ0n) is 13.4. The molecule has 2 aromatic carbocycles. The van der Waals surface area contributed by atoms with E-state index in [1.54, 1.807) is 12.1 Å². The Morgan fingerprint density at radius 2 is 1.92 bits per heavy atom. The lowest BCUT2D eigenvalue weighted by atomic mass is 10.1. The van der Waals surface area contributed by atoms with Gasteiger partial charge in [0.25, 0.3) is 5.91 Å². The van der Waals surface area contributed by atoms with Crippen LogP contribution in [0.1, 0.15) is 23.2 Å². The lowest BCUT2D eigenvalue weighted by Gasteiger charge is -2.19. The summed E-state index contributed by atoms with van der Waals surface area (Å²) in [7, 11) is 0. The summed E-state index contributed by atoms with van der Waals surface area (Å²) in [5.41, 5.74) is 1.50. The number of fused-ring (bicyclic) bond motifs is 1. The quantitative estimate of drug-likeness (QED) is 0.894. The van der Waals surface area contributed by atoms with E-state index in [1.165, 1.54) is 18.2 Å². The van der Waals surface area contributed by atoms with Gasteiger partial charge in [-0.2, -0.15) is 0 Å². The summed E-state index contributed by atoms with van der Waals surface area (Å²) < 4.78 is 24.4. The van der Waals surface area contributed by atoms with Gasteiger partial charge in [-0.05, 0) is 43.2 Å². The van der Waals surface area contributed by atoms with Crippen molar-refractivity contribution in [3.05, 3.63) is 46.7 Å². The zero-order valence-corrected chi connectivity index (χ0v) is 14.1. The summed E-state index contributed by atoms with van der Waals surface area (Å²) in [6.07, 6.45) is 2.18. The van der Waals surface area contributed by atoms with Crippen molar-refractivity contribution in [1.29, 1.82) is 0 Å². The number of carbonyl (C=O) groups is 1.